The summed E-state index contributed by atoms with van der Waals surface area (Å²) in [5.74, 6) is 1.94. The molecular formula is C22H22ClN3O4. The third-order valence-electron chi connectivity index (χ3n) is 4.82. The van der Waals surface area contributed by atoms with Gasteiger partial charge in [-0.05, 0) is 50.2 Å². The smallest absolute Gasteiger partial charge is 0.232 e. The summed E-state index contributed by atoms with van der Waals surface area (Å²) in [6, 6.07) is 12.7. The molecule has 0 aliphatic carbocycles. The van der Waals surface area contributed by atoms with Gasteiger partial charge in [0, 0.05) is 29.2 Å². The lowest BCUT2D eigenvalue weighted by atomic mass is 10.1. The van der Waals surface area contributed by atoms with Gasteiger partial charge in [0.15, 0.2) is 11.5 Å². The van der Waals surface area contributed by atoms with Gasteiger partial charge in [-0.3, -0.25) is 4.79 Å². The summed E-state index contributed by atoms with van der Waals surface area (Å²) in [6.45, 7) is 4.37. The van der Waals surface area contributed by atoms with Crippen LogP contribution in [0.15, 0.2) is 47.0 Å². The third kappa shape index (κ3) is 4.11. The van der Waals surface area contributed by atoms with Gasteiger partial charge in [-0.1, -0.05) is 22.8 Å². The zero-order chi connectivity index (χ0) is 21.3. The molecule has 1 fully saturated rings. The van der Waals surface area contributed by atoms with Crippen molar-refractivity contribution in [1.82, 2.24) is 10.1 Å². The van der Waals surface area contributed by atoms with Crippen LogP contribution < -0.4 is 14.4 Å². The topological polar surface area (TPSA) is 77.7 Å². The number of nitrogens with zero attached hydrogens (tertiary/aromatic N) is 3. The molecule has 30 heavy (non-hydrogen) atoms. The van der Waals surface area contributed by atoms with Crippen molar-refractivity contribution < 1.29 is 18.8 Å². The second-order valence-electron chi connectivity index (χ2n) is 7.37. The largest absolute Gasteiger partial charge is 0.493 e. The molecule has 4 rings (SSSR count). The molecule has 8 heteroatoms. The SMILES string of the molecule is COc1cc(-c2noc(C3CC(=O)N(c4cccc(Cl)c4)C3)n2)ccc1OC(C)C. The Balaban J connectivity index is 1.54. The number of methoxy groups -OCH3 is 1. The Hall–Kier alpha value is -3.06. The van der Waals surface area contributed by atoms with Crippen LogP contribution >= 0.6 is 11.6 Å². The van der Waals surface area contributed by atoms with Gasteiger partial charge in [0.2, 0.25) is 17.6 Å². The first-order valence-corrected chi connectivity index (χ1v) is 10.1. The minimum absolute atomic E-state index is 0.00104. The molecule has 1 aliphatic rings. The van der Waals surface area contributed by atoms with Crippen molar-refractivity contribution in [3.05, 3.63) is 53.4 Å². The Morgan fingerprint density at radius 2 is 2.03 bits per heavy atom. The van der Waals surface area contributed by atoms with Crippen LogP contribution in [0.2, 0.25) is 5.02 Å². The number of anilines is 1. The fraction of sp³-hybridized carbons (Fsp3) is 0.318. The highest BCUT2D eigenvalue weighted by atomic mass is 35.5. The zero-order valence-corrected chi connectivity index (χ0v) is 17.7. The van der Waals surface area contributed by atoms with E-state index >= 15 is 0 Å². The predicted molar refractivity (Wildman–Crippen MR) is 113 cm³/mol. The van der Waals surface area contributed by atoms with Crippen LogP contribution in [-0.2, 0) is 4.79 Å². The van der Waals surface area contributed by atoms with Gasteiger partial charge in [-0.25, -0.2) is 0 Å². The van der Waals surface area contributed by atoms with Gasteiger partial charge in [0.25, 0.3) is 0 Å². The van der Waals surface area contributed by atoms with Crippen molar-refractivity contribution in [3.8, 4) is 22.9 Å². The summed E-state index contributed by atoms with van der Waals surface area (Å²) >= 11 is 6.06. The summed E-state index contributed by atoms with van der Waals surface area (Å²) in [5.41, 5.74) is 1.51. The standard InChI is InChI=1S/C22H22ClN3O4/c1-13(2)29-18-8-7-14(9-19(18)28-3)21-24-22(30-25-21)15-10-20(27)26(12-15)17-6-4-5-16(23)11-17/h4-9,11,13,15H,10,12H2,1-3H3. The fourth-order valence-corrected chi connectivity index (χ4v) is 3.63. The van der Waals surface area contributed by atoms with E-state index in [1.165, 1.54) is 0 Å². The average molecular weight is 428 g/mol. The summed E-state index contributed by atoms with van der Waals surface area (Å²) in [7, 11) is 1.59. The molecule has 2 aromatic carbocycles. The van der Waals surface area contributed by atoms with E-state index < -0.39 is 0 Å². The number of halogens is 1. The average Bonchev–Trinajstić information content (AvgIpc) is 3.35. The molecule has 7 nitrogen and oxygen atoms in total. The van der Waals surface area contributed by atoms with Crippen LogP contribution in [-0.4, -0.2) is 35.8 Å². The van der Waals surface area contributed by atoms with Gasteiger partial charge < -0.3 is 18.9 Å². The Morgan fingerprint density at radius 3 is 2.77 bits per heavy atom. The number of aromatic nitrogens is 2. The van der Waals surface area contributed by atoms with Gasteiger partial charge in [0.05, 0.1) is 19.1 Å². The van der Waals surface area contributed by atoms with Gasteiger partial charge >= 0.3 is 0 Å². The predicted octanol–water partition coefficient (Wildman–Crippen LogP) is 4.71. The van der Waals surface area contributed by atoms with E-state index in [2.05, 4.69) is 10.1 Å². The maximum absolute atomic E-state index is 12.5. The minimum atomic E-state index is -0.178. The molecule has 1 unspecified atom stereocenters. The van der Waals surface area contributed by atoms with Crippen LogP contribution in [0, 0.1) is 0 Å². The first-order chi connectivity index (χ1) is 14.4. The quantitative estimate of drug-likeness (QED) is 0.567. The lowest BCUT2D eigenvalue weighted by Gasteiger charge is -2.16. The van der Waals surface area contributed by atoms with Crippen molar-refractivity contribution in [2.24, 2.45) is 0 Å². The van der Waals surface area contributed by atoms with E-state index in [1.807, 2.05) is 44.2 Å². The molecule has 1 amide bonds. The van der Waals surface area contributed by atoms with E-state index in [4.69, 9.17) is 25.6 Å². The highest BCUT2D eigenvalue weighted by Crippen LogP contribution is 2.35. The highest BCUT2D eigenvalue weighted by molar-refractivity contribution is 6.30. The number of benzene rings is 2. The number of hydrogen-bond donors (Lipinski definition) is 0. The monoisotopic (exact) mass is 427 g/mol. The van der Waals surface area contributed by atoms with Gasteiger partial charge in [-0.15, -0.1) is 0 Å². The number of amides is 1. The number of ether oxygens (including phenoxy) is 2. The lowest BCUT2D eigenvalue weighted by molar-refractivity contribution is -0.117. The summed E-state index contributed by atoms with van der Waals surface area (Å²) < 4.78 is 16.7. The maximum atomic E-state index is 12.5. The fourth-order valence-electron chi connectivity index (χ4n) is 3.44. The van der Waals surface area contributed by atoms with E-state index in [0.29, 0.717) is 41.2 Å². The number of carbonyl (C=O) groups is 1. The normalized spacial score (nSPS) is 16.4. The van der Waals surface area contributed by atoms with Crippen molar-refractivity contribution >= 4 is 23.2 Å². The van der Waals surface area contributed by atoms with E-state index in [-0.39, 0.29) is 17.9 Å². The Bertz CT molecular complexity index is 1070. The maximum Gasteiger partial charge on any atom is 0.232 e. The summed E-state index contributed by atoms with van der Waals surface area (Å²) in [4.78, 5) is 18.7. The Morgan fingerprint density at radius 1 is 1.20 bits per heavy atom. The molecule has 1 aliphatic heterocycles. The van der Waals surface area contributed by atoms with Crippen LogP contribution in [0.3, 0.4) is 0 Å². The molecule has 0 spiro atoms. The lowest BCUT2D eigenvalue weighted by Crippen LogP contribution is -2.24. The first kappa shape index (κ1) is 20.2. The molecule has 2 heterocycles. The number of hydrogen-bond acceptors (Lipinski definition) is 6. The van der Waals surface area contributed by atoms with Crippen LogP contribution in [0.25, 0.3) is 11.4 Å². The number of carbonyl (C=O) groups excluding carboxylic acids is 1. The third-order valence-corrected chi connectivity index (χ3v) is 5.06. The molecule has 1 saturated heterocycles. The molecular weight excluding hydrogens is 406 g/mol. The van der Waals surface area contributed by atoms with Crippen molar-refractivity contribution in [1.29, 1.82) is 0 Å². The van der Waals surface area contributed by atoms with E-state index in [1.54, 1.807) is 24.1 Å². The van der Waals surface area contributed by atoms with Crippen molar-refractivity contribution in [3.63, 3.8) is 0 Å². The van der Waals surface area contributed by atoms with Gasteiger partial charge in [-0.2, -0.15) is 4.98 Å². The van der Waals surface area contributed by atoms with Crippen LogP contribution in [0.4, 0.5) is 5.69 Å². The zero-order valence-electron chi connectivity index (χ0n) is 17.0. The molecule has 1 aromatic heterocycles. The summed E-state index contributed by atoms with van der Waals surface area (Å²) in [6.07, 6.45) is 0.336. The Labute approximate surface area is 179 Å². The molecule has 0 bridgehead atoms. The second kappa shape index (κ2) is 8.36. The molecule has 0 saturated carbocycles. The summed E-state index contributed by atoms with van der Waals surface area (Å²) in [5, 5.41) is 4.69. The van der Waals surface area contributed by atoms with E-state index in [0.717, 1.165) is 11.3 Å². The van der Waals surface area contributed by atoms with E-state index in [9.17, 15) is 4.79 Å². The Kier molecular flexibility index (Phi) is 5.63. The minimum Gasteiger partial charge on any atom is -0.493 e. The molecule has 0 radical (unpaired) electrons. The molecule has 156 valence electrons. The van der Waals surface area contributed by atoms with Crippen LogP contribution in [0.5, 0.6) is 11.5 Å². The first-order valence-electron chi connectivity index (χ1n) is 9.69. The van der Waals surface area contributed by atoms with Gasteiger partial charge in [0.1, 0.15) is 0 Å². The molecule has 3 aromatic rings. The highest BCUT2D eigenvalue weighted by Gasteiger charge is 2.35. The van der Waals surface area contributed by atoms with Crippen molar-refractivity contribution in [2.45, 2.75) is 32.3 Å². The molecule has 0 N–H and O–H groups in total. The second-order valence-corrected chi connectivity index (χ2v) is 7.81. The molecule has 1 atom stereocenters. The van der Waals surface area contributed by atoms with Crippen molar-refractivity contribution in [2.75, 3.05) is 18.6 Å². The van der Waals surface area contributed by atoms with Crippen LogP contribution in [0.1, 0.15) is 32.1 Å². The number of rotatable bonds is 6.